The summed E-state index contributed by atoms with van der Waals surface area (Å²) in [6.45, 7) is -0.414. The Hall–Kier alpha value is -2.42. The first-order valence-electron chi connectivity index (χ1n) is 6.53. The average molecular weight is 321 g/mol. The van der Waals surface area contributed by atoms with Gasteiger partial charge in [-0.2, -0.15) is 17.4 Å². The molecule has 8 nitrogen and oxygen atoms in total. The fourth-order valence-corrected chi connectivity index (χ4v) is 2.13. The largest absolute Gasteiger partial charge is 0.480 e. The van der Waals surface area contributed by atoms with Crippen molar-refractivity contribution in [3.05, 3.63) is 35.9 Å². The lowest BCUT2D eigenvalue weighted by molar-refractivity contribution is -0.138. The van der Waals surface area contributed by atoms with Crippen molar-refractivity contribution in [3.8, 4) is 0 Å². The van der Waals surface area contributed by atoms with Gasteiger partial charge in [-0.25, -0.2) is 0 Å². The monoisotopic (exact) mass is 321 g/mol. The van der Waals surface area contributed by atoms with Crippen molar-refractivity contribution in [2.45, 2.75) is 13.0 Å². The van der Waals surface area contributed by atoms with Gasteiger partial charge in [-0.15, -0.1) is 5.10 Å². The standard InChI is InChI=1S/C13H15N5O3S/c19-11(20)7-18-16-13(15-17-18)14-12(21)10(8-22)6-9-4-2-1-3-5-9/h1-5,10,22H,6-8H2,(H,19,20)(H,14,16,21)/t10-/m0/s1. The van der Waals surface area contributed by atoms with Crippen LogP contribution in [0.25, 0.3) is 0 Å². The zero-order valence-corrected chi connectivity index (χ0v) is 12.5. The van der Waals surface area contributed by atoms with Gasteiger partial charge in [0.2, 0.25) is 5.91 Å². The lowest BCUT2D eigenvalue weighted by Gasteiger charge is -2.12. The predicted octanol–water partition coefficient (Wildman–Crippen LogP) is 0.485. The van der Waals surface area contributed by atoms with Crippen LogP contribution in [0.2, 0.25) is 0 Å². The fraction of sp³-hybridized carbons (Fsp3) is 0.308. The molecule has 1 aromatic heterocycles. The number of aromatic nitrogens is 4. The highest BCUT2D eigenvalue weighted by atomic mass is 32.1. The van der Waals surface area contributed by atoms with Crippen molar-refractivity contribution in [3.63, 3.8) is 0 Å². The summed E-state index contributed by atoms with van der Waals surface area (Å²) in [4.78, 5) is 23.6. The molecule has 22 heavy (non-hydrogen) atoms. The predicted molar refractivity (Wildman–Crippen MR) is 81.6 cm³/mol. The minimum atomic E-state index is -1.09. The van der Waals surface area contributed by atoms with E-state index in [9.17, 15) is 9.59 Å². The minimum absolute atomic E-state index is 0.0221. The number of anilines is 1. The summed E-state index contributed by atoms with van der Waals surface area (Å²) in [5.74, 6) is -1.38. The first-order chi connectivity index (χ1) is 10.6. The molecular formula is C13H15N5O3S. The van der Waals surface area contributed by atoms with E-state index in [0.29, 0.717) is 12.2 Å². The maximum Gasteiger partial charge on any atom is 0.327 e. The number of hydrogen-bond acceptors (Lipinski definition) is 6. The van der Waals surface area contributed by atoms with Crippen molar-refractivity contribution < 1.29 is 14.7 Å². The average Bonchev–Trinajstić information content (AvgIpc) is 2.92. The Morgan fingerprint density at radius 2 is 2.05 bits per heavy atom. The van der Waals surface area contributed by atoms with Crippen molar-refractivity contribution in [2.75, 3.05) is 11.1 Å². The highest BCUT2D eigenvalue weighted by Crippen LogP contribution is 2.12. The number of carbonyl (C=O) groups excluding carboxylic acids is 1. The maximum atomic E-state index is 12.2. The van der Waals surface area contributed by atoms with Crippen LogP contribution in [-0.4, -0.2) is 42.9 Å². The van der Waals surface area contributed by atoms with Crippen molar-refractivity contribution in [1.29, 1.82) is 0 Å². The highest BCUT2D eigenvalue weighted by Gasteiger charge is 2.19. The summed E-state index contributed by atoms with van der Waals surface area (Å²) >= 11 is 4.20. The first kappa shape index (κ1) is 16.0. The third-order valence-electron chi connectivity index (χ3n) is 2.88. The van der Waals surface area contributed by atoms with E-state index in [0.717, 1.165) is 10.4 Å². The first-order valence-corrected chi connectivity index (χ1v) is 7.17. The van der Waals surface area contributed by atoms with Crippen LogP contribution in [0.1, 0.15) is 5.56 Å². The Kier molecular flexibility index (Phi) is 5.48. The molecule has 0 aliphatic carbocycles. The van der Waals surface area contributed by atoms with Gasteiger partial charge in [0, 0.05) is 5.75 Å². The van der Waals surface area contributed by atoms with Gasteiger partial charge in [0.05, 0.1) is 5.92 Å². The van der Waals surface area contributed by atoms with Crippen molar-refractivity contribution >= 4 is 30.5 Å². The van der Waals surface area contributed by atoms with Crippen LogP contribution in [0.15, 0.2) is 30.3 Å². The number of nitrogens with one attached hydrogen (secondary N) is 1. The zero-order chi connectivity index (χ0) is 15.9. The summed E-state index contributed by atoms with van der Waals surface area (Å²) in [6.07, 6.45) is 0.541. The normalized spacial score (nSPS) is 11.9. The summed E-state index contributed by atoms with van der Waals surface area (Å²) in [7, 11) is 0. The number of aliphatic carboxylic acids is 1. The van der Waals surface area contributed by atoms with Gasteiger partial charge in [-0.3, -0.25) is 14.9 Å². The third-order valence-corrected chi connectivity index (χ3v) is 3.32. The van der Waals surface area contributed by atoms with Crippen molar-refractivity contribution in [1.82, 2.24) is 20.2 Å². The van der Waals surface area contributed by atoms with E-state index >= 15 is 0 Å². The fourth-order valence-electron chi connectivity index (χ4n) is 1.83. The van der Waals surface area contributed by atoms with E-state index in [4.69, 9.17) is 5.11 Å². The number of carbonyl (C=O) groups is 2. The lowest BCUT2D eigenvalue weighted by Crippen LogP contribution is -2.26. The quantitative estimate of drug-likeness (QED) is 0.640. The molecule has 0 radical (unpaired) electrons. The number of benzene rings is 1. The van der Waals surface area contributed by atoms with Crippen LogP contribution in [0.4, 0.5) is 5.95 Å². The number of rotatable bonds is 7. The topological polar surface area (TPSA) is 110 Å². The number of thiol groups is 1. The number of nitrogens with zero attached hydrogens (tertiary/aromatic N) is 4. The molecule has 2 aromatic rings. The molecular weight excluding hydrogens is 306 g/mol. The summed E-state index contributed by atoms with van der Waals surface area (Å²) in [5, 5.41) is 22.0. The number of carboxylic acids is 1. The van der Waals surface area contributed by atoms with E-state index in [1.165, 1.54) is 0 Å². The Labute approximate surface area is 131 Å². The Morgan fingerprint density at radius 1 is 1.32 bits per heavy atom. The summed E-state index contributed by atoms with van der Waals surface area (Å²) in [6, 6.07) is 9.59. The molecule has 0 unspecified atom stereocenters. The second kappa shape index (κ2) is 7.55. The molecule has 1 aromatic carbocycles. The van der Waals surface area contributed by atoms with E-state index in [1.807, 2.05) is 30.3 Å². The van der Waals surface area contributed by atoms with Gasteiger partial charge < -0.3 is 5.11 Å². The SMILES string of the molecule is O=C(O)Cn1nnc(NC(=O)[C@H](CS)Cc2ccccc2)n1. The Bertz CT molecular complexity index is 646. The Balaban J connectivity index is 1.97. The number of carboxylic acid groups (broad SMARTS) is 1. The highest BCUT2D eigenvalue weighted by molar-refractivity contribution is 7.80. The zero-order valence-electron chi connectivity index (χ0n) is 11.6. The van der Waals surface area contributed by atoms with Crippen LogP contribution in [-0.2, 0) is 22.6 Å². The summed E-state index contributed by atoms with van der Waals surface area (Å²) < 4.78 is 0. The molecule has 2 N–H and O–H groups in total. The van der Waals surface area contributed by atoms with Gasteiger partial charge in [-0.1, -0.05) is 35.4 Å². The molecule has 0 bridgehead atoms. The Morgan fingerprint density at radius 3 is 2.68 bits per heavy atom. The molecule has 1 amide bonds. The van der Waals surface area contributed by atoms with E-state index in [2.05, 4.69) is 33.4 Å². The van der Waals surface area contributed by atoms with Gasteiger partial charge in [0.25, 0.3) is 5.95 Å². The molecule has 116 valence electrons. The number of tetrazole rings is 1. The molecule has 0 aliphatic rings. The smallest absolute Gasteiger partial charge is 0.327 e. The second-order valence-electron chi connectivity index (χ2n) is 4.60. The van der Waals surface area contributed by atoms with Gasteiger partial charge in [0.1, 0.15) is 0 Å². The molecule has 9 heteroatoms. The van der Waals surface area contributed by atoms with Gasteiger partial charge >= 0.3 is 5.97 Å². The summed E-state index contributed by atoms with van der Waals surface area (Å²) in [5.41, 5.74) is 1.03. The van der Waals surface area contributed by atoms with Crippen LogP contribution in [0.5, 0.6) is 0 Å². The number of hydrogen-bond donors (Lipinski definition) is 3. The molecule has 1 heterocycles. The second-order valence-corrected chi connectivity index (χ2v) is 4.96. The molecule has 1 atom stereocenters. The van der Waals surface area contributed by atoms with E-state index in [1.54, 1.807) is 0 Å². The maximum absolute atomic E-state index is 12.2. The minimum Gasteiger partial charge on any atom is -0.480 e. The number of amides is 1. The molecule has 0 spiro atoms. The molecule has 2 rings (SSSR count). The van der Waals surface area contributed by atoms with Gasteiger partial charge in [-0.05, 0) is 17.2 Å². The van der Waals surface area contributed by atoms with E-state index < -0.39 is 12.5 Å². The van der Waals surface area contributed by atoms with Crippen LogP contribution in [0.3, 0.4) is 0 Å². The van der Waals surface area contributed by atoms with Crippen LogP contribution >= 0.6 is 12.6 Å². The molecule has 0 saturated carbocycles. The van der Waals surface area contributed by atoms with Crippen molar-refractivity contribution in [2.24, 2.45) is 5.92 Å². The lowest BCUT2D eigenvalue weighted by atomic mass is 10.0. The van der Waals surface area contributed by atoms with Crippen LogP contribution < -0.4 is 5.32 Å². The third kappa shape index (κ3) is 4.55. The van der Waals surface area contributed by atoms with Gasteiger partial charge in [0.15, 0.2) is 6.54 Å². The van der Waals surface area contributed by atoms with E-state index in [-0.39, 0.29) is 17.8 Å². The molecule has 0 aliphatic heterocycles. The molecule has 0 fully saturated rings. The molecule has 0 saturated heterocycles. The van der Waals surface area contributed by atoms with Crippen LogP contribution in [0, 0.1) is 5.92 Å².